The molecule has 0 fully saturated rings. The molecule has 0 aromatic heterocycles. The van der Waals surface area contributed by atoms with Gasteiger partial charge in [-0.25, -0.2) is 0 Å². The van der Waals surface area contributed by atoms with Gasteiger partial charge in [-0.05, 0) is 42.8 Å². The Morgan fingerprint density at radius 3 is 2.88 bits per heavy atom. The van der Waals surface area contributed by atoms with E-state index in [1.165, 1.54) is 0 Å². The van der Waals surface area contributed by atoms with Gasteiger partial charge in [-0.1, -0.05) is 36.3 Å². The van der Waals surface area contributed by atoms with Gasteiger partial charge in [-0.15, -0.1) is 10.9 Å². The highest BCUT2D eigenvalue weighted by atomic mass is 32.2. The molecule has 24 heavy (non-hydrogen) atoms. The first-order valence-electron chi connectivity index (χ1n) is 7.87. The number of azide groups is 1. The number of carbonyl (C=O) groups excluding carboxylic acids is 1. The van der Waals surface area contributed by atoms with Gasteiger partial charge in [-0.3, -0.25) is 4.79 Å². The maximum atomic E-state index is 12.4. The summed E-state index contributed by atoms with van der Waals surface area (Å²) < 4.78 is 5.17. The Kier molecular flexibility index (Phi) is 10.4. The molecule has 0 radical (unpaired) electrons. The zero-order chi connectivity index (χ0) is 17.6. The van der Waals surface area contributed by atoms with Crippen LogP contribution in [-0.2, 0) is 9.13 Å². The monoisotopic (exact) mass is 349 g/mol. The Bertz CT molecular complexity index is 547. The van der Waals surface area contributed by atoms with Crippen LogP contribution in [-0.4, -0.2) is 17.6 Å². The minimum Gasteiger partial charge on any atom is -0.325 e. The highest BCUT2D eigenvalue weighted by molar-refractivity contribution is 7.95. The molecule has 0 saturated carbocycles. The van der Waals surface area contributed by atoms with E-state index in [-0.39, 0.29) is 17.0 Å². The number of para-hydroxylation sites is 1. The maximum absolute atomic E-state index is 12.4. The summed E-state index contributed by atoms with van der Waals surface area (Å²) in [6.07, 6.45) is 4.26. The van der Waals surface area contributed by atoms with Crippen molar-refractivity contribution in [1.29, 1.82) is 0 Å². The van der Waals surface area contributed by atoms with Crippen LogP contribution in [0.25, 0.3) is 10.4 Å². The highest BCUT2D eigenvalue weighted by Gasteiger charge is 2.22. The molecule has 0 N–H and O–H groups in total. The normalized spacial score (nSPS) is 12.7. The Labute approximate surface area is 147 Å². The molecule has 1 aromatic carbocycles. The van der Waals surface area contributed by atoms with Crippen LogP contribution in [0.4, 0.5) is 0 Å². The number of allylic oxidation sites excluding steroid dienone is 1. The molecule has 0 saturated heterocycles. The Morgan fingerprint density at radius 1 is 1.46 bits per heavy atom. The summed E-state index contributed by atoms with van der Waals surface area (Å²) in [6.45, 7) is 6.08. The van der Waals surface area contributed by atoms with Crippen molar-refractivity contribution in [2.24, 2.45) is 11.0 Å². The van der Waals surface area contributed by atoms with Crippen LogP contribution in [0.15, 0.2) is 48.1 Å². The maximum Gasteiger partial charge on any atom is 0.166 e. The van der Waals surface area contributed by atoms with Gasteiger partial charge < -0.3 is 4.89 Å². The number of hydrogen-bond donors (Lipinski definition) is 0. The first-order chi connectivity index (χ1) is 11.7. The zero-order valence-electron chi connectivity index (χ0n) is 13.8. The summed E-state index contributed by atoms with van der Waals surface area (Å²) in [5, 5.41) is 3.14. The van der Waals surface area contributed by atoms with E-state index < -0.39 is 0 Å². The van der Waals surface area contributed by atoms with E-state index in [0.29, 0.717) is 31.6 Å². The number of hydrogen-bond acceptors (Lipinski definition) is 5. The van der Waals surface area contributed by atoms with Gasteiger partial charge >= 0.3 is 0 Å². The van der Waals surface area contributed by atoms with Crippen molar-refractivity contribution in [3.8, 4) is 5.75 Å². The van der Waals surface area contributed by atoms with Crippen LogP contribution in [0.5, 0.6) is 5.75 Å². The molecular weight excluding hydrogens is 326 g/mol. The third kappa shape index (κ3) is 8.62. The van der Waals surface area contributed by atoms with E-state index in [1.807, 2.05) is 31.2 Å². The van der Waals surface area contributed by atoms with E-state index in [1.54, 1.807) is 12.1 Å². The first-order valence-corrected chi connectivity index (χ1v) is 8.67. The minimum absolute atomic E-state index is 0.104. The summed E-state index contributed by atoms with van der Waals surface area (Å²) in [4.78, 5) is 20.3. The smallest absolute Gasteiger partial charge is 0.166 e. The SMILES string of the molecule is C=CC[C@@H](C)CC(=O)C(CCCN=[N+]=[N-])SOOc1ccccc1. The predicted molar refractivity (Wildman–Crippen MR) is 96.4 cm³/mol. The van der Waals surface area contributed by atoms with Crippen LogP contribution < -0.4 is 4.89 Å². The van der Waals surface area contributed by atoms with Gasteiger partial charge in [-0.2, -0.15) is 0 Å². The van der Waals surface area contributed by atoms with Crippen molar-refractivity contribution in [1.82, 2.24) is 0 Å². The number of carbonyl (C=O) groups is 1. The lowest BCUT2D eigenvalue weighted by molar-refractivity contribution is -0.120. The molecule has 0 spiro atoms. The zero-order valence-corrected chi connectivity index (χ0v) is 14.7. The standard InChI is InChI=1S/C17H23N3O3S/c1-3-8-14(2)13-16(21)17(11-7-12-19-20-18)24-23-22-15-9-5-4-6-10-15/h3-6,9-10,14,17H,1,7-8,11-13H2,2H3/t14-,17?/m1/s1. The highest BCUT2D eigenvalue weighted by Crippen LogP contribution is 2.24. The molecule has 0 heterocycles. The molecule has 0 aliphatic heterocycles. The molecule has 2 atom stereocenters. The number of Topliss-reactive ketones (excluding diaryl/α,β-unsaturated/α-hetero) is 1. The second kappa shape index (κ2) is 12.5. The van der Waals surface area contributed by atoms with E-state index in [4.69, 9.17) is 14.8 Å². The molecular formula is C17H23N3O3S. The number of ketones is 1. The van der Waals surface area contributed by atoms with E-state index in [2.05, 4.69) is 16.6 Å². The predicted octanol–water partition coefficient (Wildman–Crippen LogP) is 5.28. The topological polar surface area (TPSA) is 84.3 Å². The van der Waals surface area contributed by atoms with Crippen molar-refractivity contribution in [3.63, 3.8) is 0 Å². The lowest BCUT2D eigenvalue weighted by atomic mass is 9.98. The van der Waals surface area contributed by atoms with Gasteiger partial charge in [0.2, 0.25) is 0 Å². The summed E-state index contributed by atoms with van der Waals surface area (Å²) in [5.74, 6) is 0.919. The second-order valence-corrected chi connectivity index (χ2v) is 6.34. The average molecular weight is 349 g/mol. The molecule has 0 aliphatic carbocycles. The summed E-state index contributed by atoms with van der Waals surface area (Å²) in [5.41, 5.74) is 8.32. The molecule has 1 aromatic rings. The number of benzene rings is 1. The molecule has 7 heteroatoms. The second-order valence-electron chi connectivity index (χ2n) is 5.45. The Hall–Kier alpha value is -1.95. The summed E-state index contributed by atoms with van der Waals surface area (Å²) in [6, 6.07) is 9.09. The van der Waals surface area contributed by atoms with Crippen LogP contribution in [0.1, 0.15) is 32.6 Å². The van der Waals surface area contributed by atoms with Crippen LogP contribution in [0.2, 0.25) is 0 Å². The third-order valence-electron chi connectivity index (χ3n) is 3.29. The first kappa shape index (κ1) is 20.1. The molecule has 130 valence electrons. The Balaban J connectivity index is 2.50. The minimum atomic E-state index is -0.352. The number of rotatable bonds is 13. The fraction of sp³-hybridized carbons (Fsp3) is 0.471. The van der Waals surface area contributed by atoms with Crippen LogP contribution >= 0.6 is 12.0 Å². The summed E-state index contributed by atoms with van der Waals surface area (Å²) >= 11 is 1.01. The largest absolute Gasteiger partial charge is 0.325 e. The Morgan fingerprint density at radius 2 is 2.21 bits per heavy atom. The van der Waals surface area contributed by atoms with Gasteiger partial charge in [0.25, 0.3) is 0 Å². The fourth-order valence-corrected chi connectivity index (χ4v) is 2.76. The lowest BCUT2D eigenvalue weighted by Gasteiger charge is -2.16. The molecule has 0 bridgehead atoms. The van der Waals surface area contributed by atoms with Gasteiger partial charge in [0.05, 0.1) is 17.3 Å². The van der Waals surface area contributed by atoms with Crippen molar-refractivity contribution in [2.45, 2.75) is 37.9 Å². The third-order valence-corrected chi connectivity index (χ3v) is 4.17. The fourth-order valence-electron chi connectivity index (χ4n) is 2.08. The van der Waals surface area contributed by atoms with Gasteiger partial charge in [0.1, 0.15) is 5.78 Å². The van der Waals surface area contributed by atoms with Crippen molar-refractivity contribution < 1.29 is 14.0 Å². The molecule has 0 aliphatic rings. The van der Waals surface area contributed by atoms with Crippen molar-refractivity contribution >= 4 is 17.8 Å². The van der Waals surface area contributed by atoms with E-state index in [9.17, 15) is 4.79 Å². The van der Waals surface area contributed by atoms with Crippen molar-refractivity contribution in [3.05, 3.63) is 53.4 Å². The summed E-state index contributed by atoms with van der Waals surface area (Å²) in [7, 11) is 0. The van der Waals surface area contributed by atoms with Crippen LogP contribution in [0, 0.1) is 5.92 Å². The molecule has 1 unspecified atom stereocenters. The number of nitrogens with zero attached hydrogens (tertiary/aromatic N) is 3. The molecule has 1 rings (SSSR count). The molecule has 0 amide bonds. The van der Waals surface area contributed by atoms with Crippen LogP contribution in [0.3, 0.4) is 0 Å². The van der Waals surface area contributed by atoms with E-state index in [0.717, 1.165) is 18.5 Å². The van der Waals surface area contributed by atoms with E-state index >= 15 is 0 Å². The van der Waals surface area contributed by atoms with Gasteiger partial charge in [0, 0.05) is 17.9 Å². The average Bonchev–Trinajstić information content (AvgIpc) is 2.58. The quantitative estimate of drug-likeness (QED) is 0.0709. The van der Waals surface area contributed by atoms with Gasteiger partial charge in [0.15, 0.2) is 5.75 Å². The lowest BCUT2D eigenvalue weighted by Crippen LogP contribution is -2.20. The molecule has 6 nitrogen and oxygen atoms in total. The van der Waals surface area contributed by atoms with Crippen molar-refractivity contribution in [2.75, 3.05) is 6.54 Å².